The van der Waals surface area contributed by atoms with E-state index in [4.69, 9.17) is 15.3 Å². The van der Waals surface area contributed by atoms with Gasteiger partial charge in [0.2, 0.25) is 5.91 Å². The average molecular weight is 260 g/mol. The fourth-order valence-electron chi connectivity index (χ4n) is 1.96. The van der Waals surface area contributed by atoms with Crippen LogP contribution < -0.4 is 16.6 Å². The minimum atomic E-state index is -0.605. The van der Waals surface area contributed by atoms with Crippen molar-refractivity contribution in [3.05, 3.63) is 0 Å². The summed E-state index contributed by atoms with van der Waals surface area (Å²) in [4.78, 5) is 25.2. The zero-order valence-corrected chi connectivity index (χ0v) is 10.6. The number of amides is 2. The second-order valence-corrected chi connectivity index (χ2v) is 3.92. The lowest BCUT2D eigenvalue weighted by Gasteiger charge is -2.38. The SMILES string of the molecule is CNC(=O)C1COCCN1C(COC)C(=O)NN. The van der Waals surface area contributed by atoms with Crippen molar-refractivity contribution in [3.63, 3.8) is 0 Å². The fraction of sp³-hybridized carbons (Fsp3) is 0.800. The van der Waals surface area contributed by atoms with Gasteiger partial charge in [-0.2, -0.15) is 0 Å². The van der Waals surface area contributed by atoms with E-state index >= 15 is 0 Å². The number of carbonyl (C=O) groups excluding carboxylic acids is 2. The van der Waals surface area contributed by atoms with E-state index in [1.54, 1.807) is 11.9 Å². The lowest BCUT2D eigenvalue weighted by Crippen LogP contribution is -2.62. The molecule has 2 atom stereocenters. The van der Waals surface area contributed by atoms with Crippen LogP contribution in [0.4, 0.5) is 0 Å². The standard InChI is InChI=1S/C10H20N4O4/c1-12-9(15)8-6-18-4-3-14(8)7(5-17-2)10(16)13-11/h7-8H,3-6,11H2,1-2H3,(H,12,15)(H,13,16). The Balaban J connectivity index is 2.84. The van der Waals surface area contributed by atoms with Gasteiger partial charge in [-0.1, -0.05) is 0 Å². The van der Waals surface area contributed by atoms with E-state index in [1.807, 2.05) is 0 Å². The zero-order valence-electron chi connectivity index (χ0n) is 10.6. The first-order valence-electron chi connectivity index (χ1n) is 5.70. The molecule has 0 aromatic rings. The van der Waals surface area contributed by atoms with E-state index < -0.39 is 12.1 Å². The fourth-order valence-corrected chi connectivity index (χ4v) is 1.96. The molecule has 1 rings (SSSR count). The molecule has 0 aliphatic carbocycles. The number of hydrogen-bond acceptors (Lipinski definition) is 6. The molecule has 0 radical (unpaired) electrons. The van der Waals surface area contributed by atoms with Crippen LogP contribution in [0.3, 0.4) is 0 Å². The maximum Gasteiger partial charge on any atom is 0.253 e. The molecule has 0 aromatic heterocycles. The molecule has 2 unspecified atom stereocenters. The van der Waals surface area contributed by atoms with Crippen LogP contribution >= 0.6 is 0 Å². The lowest BCUT2D eigenvalue weighted by molar-refractivity contribution is -0.142. The van der Waals surface area contributed by atoms with E-state index in [2.05, 4.69) is 10.7 Å². The normalized spacial score (nSPS) is 22.3. The molecule has 0 saturated carbocycles. The Morgan fingerprint density at radius 2 is 2.33 bits per heavy atom. The monoisotopic (exact) mass is 260 g/mol. The van der Waals surface area contributed by atoms with Crippen molar-refractivity contribution in [2.75, 3.05) is 40.5 Å². The maximum atomic E-state index is 11.8. The van der Waals surface area contributed by atoms with Crippen molar-refractivity contribution in [2.24, 2.45) is 5.84 Å². The number of rotatable bonds is 5. The van der Waals surface area contributed by atoms with Crippen molar-refractivity contribution in [3.8, 4) is 0 Å². The second kappa shape index (κ2) is 7.27. The molecule has 104 valence electrons. The lowest BCUT2D eigenvalue weighted by atomic mass is 10.1. The van der Waals surface area contributed by atoms with Gasteiger partial charge in [-0.25, -0.2) is 5.84 Å². The highest BCUT2D eigenvalue weighted by atomic mass is 16.5. The number of hydrogen-bond donors (Lipinski definition) is 3. The van der Waals surface area contributed by atoms with Crippen LogP contribution in [0.2, 0.25) is 0 Å². The van der Waals surface area contributed by atoms with E-state index in [-0.39, 0.29) is 25.0 Å². The van der Waals surface area contributed by atoms with Crippen LogP contribution in [0.1, 0.15) is 0 Å². The summed E-state index contributed by atoms with van der Waals surface area (Å²) in [5.41, 5.74) is 2.09. The summed E-state index contributed by atoms with van der Waals surface area (Å²) in [6, 6.07) is -1.12. The number of likely N-dealkylation sites (N-methyl/N-ethyl adjacent to an activating group) is 1. The van der Waals surface area contributed by atoms with Gasteiger partial charge in [0.1, 0.15) is 12.1 Å². The van der Waals surface area contributed by atoms with Crippen LogP contribution in [-0.4, -0.2) is 69.3 Å². The number of morpholine rings is 1. The molecule has 18 heavy (non-hydrogen) atoms. The molecule has 0 aromatic carbocycles. The van der Waals surface area contributed by atoms with Crippen molar-refractivity contribution in [1.29, 1.82) is 0 Å². The Morgan fingerprint density at radius 1 is 1.61 bits per heavy atom. The predicted molar refractivity (Wildman–Crippen MR) is 63.4 cm³/mol. The first-order chi connectivity index (χ1) is 8.65. The van der Waals surface area contributed by atoms with Crippen LogP contribution in [0, 0.1) is 0 Å². The van der Waals surface area contributed by atoms with Gasteiger partial charge in [0.05, 0.1) is 19.8 Å². The van der Waals surface area contributed by atoms with Gasteiger partial charge in [-0.3, -0.25) is 19.9 Å². The first-order valence-corrected chi connectivity index (χ1v) is 5.70. The Morgan fingerprint density at radius 3 is 2.89 bits per heavy atom. The average Bonchev–Trinajstić information content (AvgIpc) is 2.43. The van der Waals surface area contributed by atoms with E-state index in [0.29, 0.717) is 13.2 Å². The largest absolute Gasteiger partial charge is 0.383 e. The van der Waals surface area contributed by atoms with Crippen LogP contribution in [-0.2, 0) is 19.1 Å². The molecule has 1 aliphatic heterocycles. The van der Waals surface area contributed by atoms with Gasteiger partial charge in [0.25, 0.3) is 5.91 Å². The number of hydrazine groups is 1. The third kappa shape index (κ3) is 3.39. The first kappa shape index (κ1) is 14.8. The summed E-state index contributed by atoms with van der Waals surface area (Å²) in [7, 11) is 3.04. The number of nitrogens with two attached hydrogens (primary N) is 1. The molecular formula is C10H20N4O4. The Labute approximate surface area is 106 Å². The van der Waals surface area contributed by atoms with Crippen LogP contribution in [0.5, 0.6) is 0 Å². The third-order valence-electron chi connectivity index (χ3n) is 2.89. The van der Waals surface area contributed by atoms with Crippen LogP contribution in [0.25, 0.3) is 0 Å². The van der Waals surface area contributed by atoms with Crippen LogP contribution in [0.15, 0.2) is 0 Å². The number of ether oxygens (including phenoxy) is 2. The molecule has 0 bridgehead atoms. The summed E-state index contributed by atoms with van der Waals surface area (Å²) in [5.74, 6) is 4.57. The zero-order chi connectivity index (χ0) is 13.5. The minimum Gasteiger partial charge on any atom is -0.383 e. The van der Waals surface area contributed by atoms with Gasteiger partial charge in [-0.05, 0) is 0 Å². The molecule has 2 amide bonds. The highest BCUT2D eigenvalue weighted by molar-refractivity contribution is 5.85. The maximum absolute atomic E-state index is 11.8. The quantitative estimate of drug-likeness (QED) is 0.285. The molecule has 1 aliphatic rings. The molecule has 1 heterocycles. The summed E-state index contributed by atoms with van der Waals surface area (Å²) >= 11 is 0. The van der Waals surface area contributed by atoms with Gasteiger partial charge in [-0.15, -0.1) is 0 Å². The molecular weight excluding hydrogens is 240 g/mol. The smallest absolute Gasteiger partial charge is 0.253 e. The summed E-state index contributed by atoms with van der Waals surface area (Å²) in [5, 5.41) is 2.55. The molecule has 8 heteroatoms. The Bertz CT molecular complexity index is 300. The van der Waals surface area contributed by atoms with Gasteiger partial charge < -0.3 is 14.8 Å². The van der Waals surface area contributed by atoms with Gasteiger partial charge >= 0.3 is 0 Å². The number of methoxy groups -OCH3 is 1. The highest BCUT2D eigenvalue weighted by Crippen LogP contribution is 2.12. The van der Waals surface area contributed by atoms with Gasteiger partial charge in [0, 0.05) is 20.7 Å². The number of nitrogens with one attached hydrogen (secondary N) is 2. The number of nitrogens with zero attached hydrogens (tertiary/aromatic N) is 1. The Kier molecular flexibility index (Phi) is 5.99. The topological polar surface area (TPSA) is 106 Å². The van der Waals surface area contributed by atoms with E-state index in [0.717, 1.165) is 0 Å². The highest BCUT2D eigenvalue weighted by Gasteiger charge is 2.36. The summed E-state index contributed by atoms with van der Waals surface area (Å²) in [6.45, 7) is 1.35. The van der Waals surface area contributed by atoms with Crippen molar-refractivity contribution >= 4 is 11.8 Å². The third-order valence-corrected chi connectivity index (χ3v) is 2.89. The minimum absolute atomic E-state index is 0.163. The summed E-state index contributed by atoms with van der Waals surface area (Å²) < 4.78 is 10.3. The second-order valence-electron chi connectivity index (χ2n) is 3.92. The van der Waals surface area contributed by atoms with Crippen molar-refractivity contribution < 1.29 is 19.1 Å². The molecule has 4 N–H and O–H groups in total. The number of carbonyl (C=O) groups is 2. The summed E-state index contributed by atoms with van der Waals surface area (Å²) in [6.07, 6.45) is 0. The van der Waals surface area contributed by atoms with E-state index in [9.17, 15) is 9.59 Å². The van der Waals surface area contributed by atoms with E-state index in [1.165, 1.54) is 7.11 Å². The molecule has 0 spiro atoms. The Hall–Kier alpha value is -1.22. The van der Waals surface area contributed by atoms with Crippen molar-refractivity contribution in [1.82, 2.24) is 15.6 Å². The molecule has 8 nitrogen and oxygen atoms in total. The molecule has 1 fully saturated rings. The van der Waals surface area contributed by atoms with Crippen molar-refractivity contribution in [2.45, 2.75) is 12.1 Å². The van der Waals surface area contributed by atoms with Gasteiger partial charge in [0.15, 0.2) is 0 Å². The predicted octanol–water partition coefficient (Wildman–Crippen LogP) is -2.56. The molecule has 1 saturated heterocycles.